The molecule has 1 saturated heterocycles. The third kappa shape index (κ3) is 4.90. The Bertz CT molecular complexity index is 1080. The molecule has 2 heterocycles. The summed E-state index contributed by atoms with van der Waals surface area (Å²) in [6, 6.07) is 13.6. The third-order valence-corrected chi connectivity index (χ3v) is 5.77. The highest BCUT2D eigenvalue weighted by Gasteiger charge is 2.24. The van der Waals surface area contributed by atoms with E-state index in [1.807, 2.05) is 47.4 Å². The lowest BCUT2D eigenvalue weighted by molar-refractivity contribution is 0.0626. The quantitative estimate of drug-likeness (QED) is 0.550. The number of hydrogen-bond acceptors (Lipinski definition) is 7. The van der Waals surface area contributed by atoms with E-state index in [1.54, 1.807) is 33.7 Å². The highest BCUT2D eigenvalue weighted by Crippen LogP contribution is 2.40. The number of carbonyl (C=O) groups excluding carboxylic acids is 1. The first-order valence-electron chi connectivity index (χ1n) is 10.8. The minimum absolute atomic E-state index is 0.0436. The molecule has 8 nitrogen and oxygen atoms in total. The van der Waals surface area contributed by atoms with E-state index in [4.69, 9.17) is 14.2 Å². The van der Waals surface area contributed by atoms with Crippen molar-refractivity contribution >= 4 is 5.91 Å². The van der Waals surface area contributed by atoms with Crippen LogP contribution in [-0.4, -0.2) is 73.2 Å². The molecule has 0 atom stereocenters. The van der Waals surface area contributed by atoms with Crippen molar-refractivity contribution in [2.24, 2.45) is 0 Å². The smallest absolute Gasteiger partial charge is 0.257 e. The molecule has 4 rings (SSSR count). The number of methoxy groups -OCH3 is 3. The molecule has 0 aliphatic carbocycles. The van der Waals surface area contributed by atoms with E-state index in [-0.39, 0.29) is 5.91 Å². The molecule has 1 aliphatic heterocycles. The normalized spacial score (nSPS) is 14.1. The Labute approximate surface area is 193 Å². The molecule has 0 saturated carbocycles. The number of piperazine rings is 1. The van der Waals surface area contributed by atoms with Crippen molar-refractivity contribution in [3.8, 4) is 28.6 Å². The summed E-state index contributed by atoms with van der Waals surface area (Å²) in [5.41, 5.74) is 2.44. The lowest BCUT2D eigenvalue weighted by atomic mass is 10.1. The summed E-state index contributed by atoms with van der Waals surface area (Å²) < 4.78 is 16.5. The van der Waals surface area contributed by atoms with Crippen LogP contribution in [0.2, 0.25) is 0 Å². The summed E-state index contributed by atoms with van der Waals surface area (Å²) >= 11 is 0. The first kappa shape index (κ1) is 22.5. The van der Waals surface area contributed by atoms with Crippen LogP contribution in [0.1, 0.15) is 15.9 Å². The van der Waals surface area contributed by atoms with Crippen LogP contribution in [0, 0.1) is 0 Å². The van der Waals surface area contributed by atoms with Crippen LogP contribution >= 0.6 is 0 Å². The molecular formula is C25H28N4O4. The maximum absolute atomic E-state index is 12.9. The lowest BCUT2D eigenvalue weighted by Crippen LogP contribution is -2.48. The Kier molecular flexibility index (Phi) is 7.04. The molecule has 33 heavy (non-hydrogen) atoms. The van der Waals surface area contributed by atoms with Crippen molar-refractivity contribution in [1.82, 2.24) is 19.8 Å². The topological polar surface area (TPSA) is 77.0 Å². The minimum Gasteiger partial charge on any atom is -0.493 e. The number of hydrogen-bond donors (Lipinski definition) is 0. The van der Waals surface area contributed by atoms with Gasteiger partial charge in [0.15, 0.2) is 17.3 Å². The zero-order chi connectivity index (χ0) is 23.2. The highest BCUT2D eigenvalue weighted by atomic mass is 16.5. The lowest BCUT2D eigenvalue weighted by Gasteiger charge is -2.35. The number of nitrogens with zero attached hydrogens (tertiary/aromatic N) is 4. The molecule has 0 bridgehead atoms. The van der Waals surface area contributed by atoms with E-state index in [0.29, 0.717) is 48.3 Å². The predicted molar refractivity (Wildman–Crippen MR) is 125 cm³/mol. The van der Waals surface area contributed by atoms with Gasteiger partial charge in [0, 0.05) is 56.2 Å². The summed E-state index contributed by atoms with van der Waals surface area (Å²) in [6.45, 7) is 3.47. The standard InChI is InChI=1S/C25H28N4O4/c1-31-21-10-9-19(22(32-2)23(21)33-3)17-28-11-13-29(14-12-28)25(30)20-15-26-24(27-16-20)18-7-5-4-6-8-18/h4-10,15-16H,11-14,17H2,1-3H3. The van der Waals surface area contributed by atoms with Gasteiger partial charge in [-0.15, -0.1) is 0 Å². The number of benzene rings is 2. The summed E-state index contributed by atoms with van der Waals surface area (Å²) in [5.74, 6) is 2.46. The summed E-state index contributed by atoms with van der Waals surface area (Å²) in [5, 5.41) is 0. The second-order valence-electron chi connectivity index (χ2n) is 7.72. The van der Waals surface area contributed by atoms with Gasteiger partial charge in [-0.25, -0.2) is 9.97 Å². The van der Waals surface area contributed by atoms with Crippen molar-refractivity contribution in [3.63, 3.8) is 0 Å². The van der Waals surface area contributed by atoms with Crippen LogP contribution in [0.3, 0.4) is 0 Å². The van der Waals surface area contributed by atoms with Crippen LogP contribution < -0.4 is 14.2 Å². The van der Waals surface area contributed by atoms with Crippen molar-refractivity contribution in [2.75, 3.05) is 47.5 Å². The van der Waals surface area contributed by atoms with Gasteiger partial charge < -0.3 is 19.1 Å². The van der Waals surface area contributed by atoms with Crippen LogP contribution in [0.25, 0.3) is 11.4 Å². The third-order valence-electron chi connectivity index (χ3n) is 5.77. The average molecular weight is 449 g/mol. The Morgan fingerprint density at radius 1 is 0.848 bits per heavy atom. The molecule has 8 heteroatoms. The van der Waals surface area contributed by atoms with Crippen LogP contribution in [0.15, 0.2) is 54.9 Å². The van der Waals surface area contributed by atoms with E-state index >= 15 is 0 Å². The molecule has 0 N–H and O–H groups in total. The molecule has 2 aromatic carbocycles. The fourth-order valence-electron chi connectivity index (χ4n) is 4.00. The van der Waals surface area contributed by atoms with Gasteiger partial charge in [0.05, 0.1) is 26.9 Å². The van der Waals surface area contributed by atoms with Gasteiger partial charge in [0.2, 0.25) is 5.75 Å². The van der Waals surface area contributed by atoms with Gasteiger partial charge in [-0.2, -0.15) is 0 Å². The second kappa shape index (κ2) is 10.3. The van der Waals surface area contributed by atoms with Crippen molar-refractivity contribution in [3.05, 3.63) is 66.0 Å². The number of aromatic nitrogens is 2. The van der Waals surface area contributed by atoms with Gasteiger partial charge in [0.1, 0.15) is 0 Å². The highest BCUT2D eigenvalue weighted by molar-refractivity contribution is 5.93. The molecule has 0 spiro atoms. The summed E-state index contributed by atoms with van der Waals surface area (Å²) in [4.78, 5) is 25.8. The monoisotopic (exact) mass is 448 g/mol. The van der Waals surface area contributed by atoms with Gasteiger partial charge in [-0.1, -0.05) is 36.4 Å². The van der Waals surface area contributed by atoms with Crippen molar-refractivity contribution < 1.29 is 19.0 Å². The molecule has 0 unspecified atom stereocenters. The number of rotatable bonds is 7. The number of carbonyl (C=O) groups is 1. The molecule has 1 amide bonds. The van der Waals surface area contributed by atoms with Gasteiger partial charge in [-0.05, 0) is 6.07 Å². The second-order valence-corrected chi connectivity index (χ2v) is 7.72. The van der Waals surface area contributed by atoms with E-state index < -0.39 is 0 Å². The van der Waals surface area contributed by atoms with Crippen molar-refractivity contribution in [2.45, 2.75) is 6.54 Å². The van der Waals surface area contributed by atoms with Gasteiger partial charge in [0.25, 0.3) is 5.91 Å². The Morgan fingerprint density at radius 2 is 1.52 bits per heavy atom. The van der Waals surface area contributed by atoms with Gasteiger partial charge in [-0.3, -0.25) is 9.69 Å². The molecular weight excluding hydrogens is 420 g/mol. The first-order chi connectivity index (χ1) is 16.1. The Balaban J connectivity index is 1.38. The Morgan fingerprint density at radius 3 is 2.12 bits per heavy atom. The van der Waals surface area contributed by atoms with Crippen molar-refractivity contribution in [1.29, 1.82) is 0 Å². The molecule has 1 aliphatic rings. The summed E-state index contributed by atoms with van der Waals surface area (Å²) in [6.07, 6.45) is 3.22. The van der Waals surface area contributed by atoms with E-state index in [9.17, 15) is 4.79 Å². The zero-order valence-electron chi connectivity index (χ0n) is 19.2. The molecule has 0 radical (unpaired) electrons. The van der Waals surface area contributed by atoms with Crippen LogP contribution in [-0.2, 0) is 6.54 Å². The van der Waals surface area contributed by atoms with E-state index in [2.05, 4.69) is 14.9 Å². The number of amides is 1. The molecule has 1 aromatic heterocycles. The maximum Gasteiger partial charge on any atom is 0.257 e. The molecule has 3 aromatic rings. The fraction of sp³-hybridized carbons (Fsp3) is 0.320. The van der Waals surface area contributed by atoms with E-state index in [0.717, 1.165) is 24.2 Å². The Hall–Kier alpha value is -3.65. The van der Waals surface area contributed by atoms with E-state index in [1.165, 1.54) is 0 Å². The van der Waals surface area contributed by atoms with Crippen LogP contribution in [0.4, 0.5) is 0 Å². The fourth-order valence-corrected chi connectivity index (χ4v) is 4.00. The molecule has 1 fully saturated rings. The maximum atomic E-state index is 12.9. The predicted octanol–water partition coefficient (Wildman–Crippen LogP) is 3.13. The largest absolute Gasteiger partial charge is 0.493 e. The molecule has 172 valence electrons. The van der Waals surface area contributed by atoms with Gasteiger partial charge >= 0.3 is 0 Å². The van der Waals surface area contributed by atoms with Crippen LogP contribution in [0.5, 0.6) is 17.2 Å². The number of ether oxygens (including phenoxy) is 3. The summed E-state index contributed by atoms with van der Waals surface area (Å²) in [7, 11) is 4.83. The first-order valence-corrected chi connectivity index (χ1v) is 10.8. The minimum atomic E-state index is -0.0436. The SMILES string of the molecule is COc1ccc(CN2CCN(C(=O)c3cnc(-c4ccccc4)nc3)CC2)c(OC)c1OC. The zero-order valence-corrected chi connectivity index (χ0v) is 19.2. The average Bonchev–Trinajstić information content (AvgIpc) is 2.89.